The van der Waals surface area contributed by atoms with E-state index in [9.17, 15) is 9.59 Å². The van der Waals surface area contributed by atoms with E-state index in [-0.39, 0.29) is 17.8 Å². The number of likely N-dealkylation sites (tertiary alicyclic amines) is 1. The summed E-state index contributed by atoms with van der Waals surface area (Å²) >= 11 is 0. The number of cyclic esters (lactones) is 1. The van der Waals surface area contributed by atoms with Crippen molar-refractivity contribution in [1.29, 1.82) is 0 Å². The molecule has 1 spiro atoms. The zero-order valence-corrected chi connectivity index (χ0v) is 10.3. The number of hydrogen-bond donors (Lipinski definition) is 0. The Kier molecular flexibility index (Phi) is 2.40. The smallest absolute Gasteiger partial charge is 0.333 e. The second-order valence-corrected chi connectivity index (χ2v) is 4.94. The van der Waals surface area contributed by atoms with Gasteiger partial charge in [0.25, 0.3) is 0 Å². The molecule has 18 heavy (non-hydrogen) atoms. The Hall–Kier alpha value is -1.84. The number of hydrogen-bond acceptors (Lipinski definition) is 3. The molecule has 94 valence electrons. The second kappa shape index (κ2) is 3.83. The van der Waals surface area contributed by atoms with Crippen molar-refractivity contribution in [1.82, 2.24) is 4.90 Å². The second-order valence-electron chi connectivity index (χ2n) is 4.94. The van der Waals surface area contributed by atoms with Crippen molar-refractivity contribution in [3.05, 3.63) is 35.9 Å². The van der Waals surface area contributed by atoms with Gasteiger partial charge >= 0.3 is 5.97 Å². The number of nitrogens with zero attached hydrogens (tertiary/aromatic N) is 1. The molecule has 4 heteroatoms. The first-order valence-electron chi connectivity index (χ1n) is 6.19. The molecule has 0 N–H and O–H groups in total. The Balaban J connectivity index is 1.87. The maximum atomic E-state index is 12.0. The van der Waals surface area contributed by atoms with Gasteiger partial charge in [-0.15, -0.1) is 0 Å². The zero-order valence-electron chi connectivity index (χ0n) is 10.3. The van der Waals surface area contributed by atoms with Crippen LogP contribution in [0, 0.1) is 5.92 Å². The van der Waals surface area contributed by atoms with E-state index >= 15 is 0 Å². The summed E-state index contributed by atoms with van der Waals surface area (Å²) in [6.07, 6.45) is 0.617. The molecule has 1 aromatic rings. The molecule has 2 fully saturated rings. The van der Waals surface area contributed by atoms with Gasteiger partial charge in [-0.3, -0.25) is 4.79 Å². The summed E-state index contributed by atoms with van der Waals surface area (Å²) in [6, 6.07) is 9.73. The van der Waals surface area contributed by atoms with Crippen molar-refractivity contribution in [2.24, 2.45) is 5.92 Å². The molecule has 4 nitrogen and oxygen atoms in total. The van der Waals surface area contributed by atoms with E-state index in [0.717, 1.165) is 5.56 Å². The number of amides is 1. The van der Waals surface area contributed by atoms with Crippen LogP contribution in [0.3, 0.4) is 0 Å². The molecule has 0 aliphatic carbocycles. The number of esters is 1. The predicted octanol–water partition coefficient (Wildman–Crippen LogP) is 1.35. The molecule has 1 amide bonds. The summed E-state index contributed by atoms with van der Waals surface area (Å²) in [5.74, 6) is -0.459. The van der Waals surface area contributed by atoms with Crippen LogP contribution in [-0.4, -0.2) is 28.9 Å². The van der Waals surface area contributed by atoms with E-state index in [2.05, 4.69) is 0 Å². The highest BCUT2D eigenvalue weighted by Gasteiger charge is 2.65. The molecule has 0 radical (unpaired) electrons. The van der Waals surface area contributed by atoms with Crippen molar-refractivity contribution in [3.63, 3.8) is 0 Å². The lowest BCUT2D eigenvalue weighted by molar-refractivity contribution is -0.181. The minimum atomic E-state index is -0.701. The third-order valence-electron chi connectivity index (χ3n) is 4.09. The van der Waals surface area contributed by atoms with Crippen molar-refractivity contribution < 1.29 is 14.3 Å². The fraction of sp³-hybridized carbons (Fsp3) is 0.429. The van der Waals surface area contributed by atoms with E-state index in [1.165, 1.54) is 0 Å². The summed E-state index contributed by atoms with van der Waals surface area (Å²) in [6.45, 7) is 2.72. The van der Waals surface area contributed by atoms with Gasteiger partial charge in [-0.1, -0.05) is 37.3 Å². The topological polar surface area (TPSA) is 46.6 Å². The van der Waals surface area contributed by atoms with Gasteiger partial charge in [0.15, 0.2) is 5.54 Å². The average molecular weight is 245 g/mol. The number of ether oxygens (including phenoxy) is 1. The summed E-state index contributed by atoms with van der Waals surface area (Å²) in [5.41, 5.74) is 0.337. The summed E-state index contributed by atoms with van der Waals surface area (Å²) in [4.78, 5) is 25.6. The number of carbonyl (C=O) groups is 2. The lowest BCUT2D eigenvalue weighted by atomic mass is 9.73. The molecule has 0 aromatic heterocycles. The third kappa shape index (κ3) is 1.32. The van der Waals surface area contributed by atoms with Crippen LogP contribution in [0.5, 0.6) is 0 Å². The molecule has 2 atom stereocenters. The molecule has 3 rings (SSSR count). The number of β-lactam (4-membered cyclic amide) rings is 1. The highest BCUT2D eigenvalue weighted by Crippen LogP contribution is 2.45. The highest BCUT2D eigenvalue weighted by atomic mass is 16.5. The van der Waals surface area contributed by atoms with Crippen molar-refractivity contribution in [3.8, 4) is 0 Å². The van der Waals surface area contributed by atoms with Crippen LogP contribution in [0.2, 0.25) is 0 Å². The fourth-order valence-corrected chi connectivity index (χ4v) is 2.95. The van der Waals surface area contributed by atoms with Gasteiger partial charge < -0.3 is 9.64 Å². The molecule has 0 bridgehead atoms. The average Bonchev–Trinajstić information content (AvgIpc) is 2.80. The maximum absolute atomic E-state index is 12.0. The standard InChI is InChI=1S/C14H15NO3/c1-10-12(16)15(9-11-5-3-2-4-6-11)14(10)7-8-18-13(14)17/h2-6,10H,7-9H2,1H3/t10-,14+/m0/s1. The van der Waals surface area contributed by atoms with Crippen molar-refractivity contribution >= 4 is 11.9 Å². The number of benzene rings is 1. The van der Waals surface area contributed by atoms with Gasteiger partial charge in [-0.2, -0.15) is 0 Å². The quantitative estimate of drug-likeness (QED) is 0.583. The Labute approximate surface area is 106 Å². The van der Waals surface area contributed by atoms with E-state index < -0.39 is 5.54 Å². The Bertz CT molecular complexity index is 499. The van der Waals surface area contributed by atoms with Gasteiger partial charge in [0, 0.05) is 13.0 Å². The zero-order chi connectivity index (χ0) is 12.8. The monoisotopic (exact) mass is 245 g/mol. The Morgan fingerprint density at radius 3 is 2.67 bits per heavy atom. The number of rotatable bonds is 2. The Morgan fingerprint density at radius 1 is 1.33 bits per heavy atom. The molecule has 0 saturated carbocycles. The van der Waals surface area contributed by atoms with E-state index in [4.69, 9.17) is 4.74 Å². The molecule has 2 heterocycles. The normalized spacial score (nSPS) is 30.5. The molecular weight excluding hydrogens is 230 g/mol. The fourth-order valence-electron chi connectivity index (χ4n) is 2.95. The van der Waals surface area contributed by atoms with Gasteiger partial charge in [0.2, 0.25) is 5.91 Å². The predicted molar refractivity (Wildman–Crippen MR) is 64.5 cm³/mol. The molecular formula is C14H15NO3. The van der Waals surface area contributed by atoms with Crippen LogP contribution in [0.15, 0.2) is 30.3 Å². The van der Waals surface area contributed by atoms with Gasteiger partial charge in [-0.25, -0.2) is 4.79 Å². The van der Waals surface area contributed by atoms with Crippen LogP contribution in [0.4, 0.5) is 0 Å². The van der Waals surface area contributed by atoms with Gasteiger partial charge in [-0.05, 0) is 5.56 Å². The van der Waals surface area contributed by atoms with Crippen LogP contribution >= 0.6 is 0 Å². The molecule has 1 aromatic carbocycles. The molecule has 2 aliphatic rings. The van der Waals surface area contributed by atoms with Crippen molar-refractivity contribution in [2.45, 2.75) is 25.4 Å². The molecule has 2 aliphatic heterocycles. The first-order valence-corrected chi connectivity index (χ1v) is 6.19. The first-order chi connectivity index (χ1) is 8.66. The van der Waals surface area contributed by atoms with E-state index in [0.29, 0.717) is 19.6 Å². The minimum absolute atomic E-state index is 0.0395. The molecule has 2 saturated heterocycles. The largest absolute Gasteiger partial charge is 0.464 e. The summed E-state index contributed by atoms with van der Waals surface area (Å²) in [7, 11) is 0. The SMILES string of the molecule is C[C@H]1C(=O)N(Cc2ccccc2)[C@]12CCOC2=O. The maximum Gasteiger partial charge on any atom is 0.333 e. The third-order valence-corrected chi connectivity index (χ3v) is 4.09. The lowest BCUT2D eigenvalue weighted by Gasteiger charge is -2.51. The molecule has 0 unspecified atom stereocenters. The van der Waals surface area contributed by atoms with E-state index in [1.807, 2.05) is 37.3 Å². The van der Waals surface area contributed by atoms with Crippen LogP contribution in [0.25, 0.3) is 0 Å². The minimum Gasteiger partial charge on any atom is -0.464 e. The number of carbonyl (C=O) groups excluding carboxylic acids is 2. The van der Waals surface area contributed by atoms with Crippen LogP contribution in [-0.2, 0) is 20.9 Å². The Morgan fingerprint density at radius 2 is 2.06 bits per heavy atom. The van der Waals surface area contributed by atoms with E-state index in [1.54, 1.807) is 4.90 Å². The summed E-state index contributed by atoms with van der Waals surface area (Å²) < 4.78 is 5.06. The van der Waals surface area contributed by atoms with Crippen molar-refractivity contribution in [2.75, 3.05) is 6.61 Å². The van der Waals surface area contributed by atoms with Gasteiger partial charge in [0.05, 0.1) is 12.5 Å². The highest BCUT2D eigenvalue weighted by molar-refractivity contribution is 6.01. The summed E-state index contributed by atoms with van der Waals surface area (Å²) in [5, 5.41) is 0. The van der Waals surface area contributed by atoms with Gasteiger partial charge in [0.1, 0.15) is 0 Å². The first kappa shape index (κ1) is 11.3. The van der Waals surface area contributed by atoms with Crippen LogP contribution in [0.1, 0.15) is 18.9 Å². The lowest BCUT2D eigenvalue weighted by Crippen LogP contribution is -2.71. The van der Waals surface area contributed by atoms with Crippen LogP contribution < -0.4 is 0 Å².